The van der Waals surface area contributed by atoms with Gasteiger partial charge in [0, 0.05) is 6.54 Å². The minimum Gasteiger partial charge on any atom is -0.469 e. The molecule has 0 N–H and O–H groups in total. The van der Waals surface area contributed by atoms with E-state index in [1.165, 1.54) is 26.4 Å². The van der Waals surface area contributed by atoms with Gasteiger partial charge in [-0.05, 0) is 32.9 Å². The highest BCUT2D eigenvalue weighted by Gasteiger charge is 2.40. The molecule has 2 saturated heterocycles. The fraction of sp³-hybridized carbons (Fsp3) is 0.923. The smallest absolute Gasteiger partial charge is 0.310 e. The summed E-state index contributed by atoms with van der Waals surface area (Å²) >= 11 is 0. The number of hydrogen-bond acceptors (Lipinski definition) is 5. The van der Waals surface area contributed by atoms with E-state index < -0.39 is 5.79 Å². The lowest BCUT2D eigenvalue weighted by Gasteiger charge is -2.29. The number of piperidine rings is 1. The molecular formula is C13H23NO4. The van der Waals surface area contributed by atoms with E-state index in [9.17, 15) is 4.79 Å². The standard InChI is InChI=1S/C13H23NO4/c1-13(8-12(15)16-2)17-10-11(18-13)9-14-6-4-3-5-7-14/h11H,3-10H2,1-2H3/t11-,13+/m1/s1. The number of carbonyl (C=O) groups excluding carboxylic acids is 1. The van der Waals surface area contributed by atoms with E-state index >= 15 is 0 Å². The normalized spacial score (nSPS) is 33.6. The van der Waals surface area contributed by atoms with Gasteiger partial charge in [-0.15, -0.1) is 0 Å². The Labute approximate surface area is 108 Å². The highest BCUT2D eigenvalue weighted by molar-refractivity contribution is 5.70. The Bertz CT molecular complexity index is 291. The van der Waals surface area contributed by atoms with Gasteiger partial charge >= 0.3 is 5.97 Å². The molecule has 0 spiro atoms. The van der Waals surface area contributed by atoms with Crippen molar-refractivity contribution in [3.05, 3.63) is 0 Å². The van der Waals surface area contributed by atoms with E-state index in [1.54, 1.807) is 6.92 Å². The molecular weight excluding hydrogens is 234 g/mol. The van der Waals surface area contributed by atoms with Gasteiger partial charge in [0.25, 0.3) is 0 Å². The van der Waals surface area contributed by atoms with Crippen LogP contribution in [0.4, 0.5) is 0 Å². The van der Waals surface area contributed by atoms with Crippen LogP contribution in [-0.4, -0.2) is 56.1 Å². The Morgan fingerprint density at radius 2 is 2.11 bits per heavy atom. The predicted octanol–water partition coefficient (Wildman–Crippen LogP) is 1.17. The molecule has 2 atom stereocenters. The summed E-state index contributed by atoms with van der Waals surface area (Å²) in [5.41, 5.74) is 0. The molecule has 0 aromatic rings. The van der Waals surface area contributed by atoms with Crippen molar-refractivity contribution in [1.82, 2.24) is 4.90 Å². The quantitative estimate of drug-likeness (QED) is 0.707. The Hall–Kier alpha value is -0.650. The zero-order valence-corrected chi connectivity index (χ0v) is 11.3. The zero-order chi connectivity index (χ0) is 13.0. The Morgan fingerprint density at radius 3 is 2.78 bits per heavy atom. The second-order valence-electron chi connectivity index (χ2n) is 5.30. The van der Waals surface area contributed by atoms with Crippen molar-refractivity contribution in [3.8, 4) is 0 Å². The van der Waals surface area contributed by atoms with Crippen LogP contribution in [0.3, 0.4) is 0 Å². The third kappa shape index (κ3) is 3.67. The van der Waals surface area contributed by atoms with Gasteiger partial charge in [0.2, 0.25) is 0 Å². The number of esters is 1. The van der Waals surface area contributed by atoms with Crippen LogP contribution in [-0.2, 0) is 19.0 Å². The third-order valence-corrected chi connectivity index (χ3v) is 3.59. The first kappa shape index (κ1) is 13.8. The van der Waals surface area contributed by atoms with Crippen molar-refractivity contribution in [1.29, 1.82) is 0 Å². The van der Waals surface area contributed by atoms with Gasteiger partial charge in [0.05, 0.1) is 26.2 Å². The summed E-state index contributed by atoms with van der Waals surface area (Å²) in [4.78, 5) is 13.7. The summed E-state index contributed by atoms with van der Waals surface area (Å²) in [5.74, 6) is -1.11. The second-order valence-corrected chi connectivity index (χ2v) is 5.30. The van der Waals surface area contributed by atoms with E-state index in [-0.39, 0.29) is 18.5 Å². The molecule has 2 heterocycles. The van der Waals surface area contributed by atoms with E-state index in [2.05, 4.69) is 9.64 Å². The van der Waals surface area contributed by atoms with Crippen molar-refractivity contribution in [3.63, 3.8) is 0 Å². The monoisotopic (exact) mass is 257 g/mol. The molecule has 18 heavy (non-hydrogen) atoms. The topological polar surface area (TPSA) is 48.0 Å². The third-order valence-electron chi connectivity index (χ3n) is 3.59. The summed E-state index contributed by atoms with van der Waals surface area (Å²) in [6.45, 7) is 5.56. The molecule has 2 aliphatic rings. The van der Waals surface area contributed by atoms with Crippen molar-refractivity contribution in [2.45, 2.75) is 44.5 Å². The predicted molar refractivity (Wildman–Crippen MR) is 66.2 cm³/mol. The summed E-state index contributed by atoms with van der Waals surface area (Å²) in [6.07, 6.45) is 4.09. The second kappa shape index (κ2) is 5.99. The van der Waals surface area contributed by atoms with Gasteiger partial charge in [0.15, 0.2) is 5.79 Å². The molecule has 0 saturated carbocycles. The molecule has 5 heteroatoms. The number of likely N-dealkylation sites (tertiary alicyclic amines) is 1. The first-order valence-electron chi connectivity index (χ1n) is 6.72. The highest BCUT2D eigenvalue weighted by atomic mass is 16.7. The fourth-order valence-corrected chi connectivity index (χ4v) is 2.64. The molecule has 0 bridgehead atoms. The molecule has 0 amide bonds. The lowest BCUT2D eigenvalue weighted by atomic mass is 10.1. The molecule has 5 nitrogen and oxygen atoms in total. The highest BCUT2D eigenvalue weighted by Crippen LogP contribution is 2.28. The van der Waals surface area contributed by atoms with E-state index in [4.69, 9.17) is 9.47 Å². The maximum atomic E-state index is 11.3. The van der Waals surface area contributed by atoms with Crippen LogP contribution in [0.2, 0.25) is 0 Å². The summed E-state index contributed by atoms with van der Waals surface area (Å²) < 4.78 is 16.1. The Balaban J connectivity index is 1.78. The van der Waals surface area contributed by atoms with Crippen LogP contribution in [0.5, 0.6) is 0 Å². The van der Waals surface area contributed by atoms with E-state index in [1.807, 2.05) is 0 Å². The van der Waals surface area contributed by atoms with Crippen molar-refractivity contribution in [2.24, 2.45) is 0 Å². The van der Waals surface area contributed by atoms with Gasteiger partial charge in [-0.25, -0.2) is 0 Å². The van der Waals surface area contributed by atoms with Gasteiger partial charge < -0.3 is 19.1 Å². The van der Waals surface area contributed by atoms with Crippen LogP contribution in [0, 0.1) is 0 Å². The van der Waals surface area contributed by atoms with Crippen molar-refractivity contribution >= 4 is 5.97 Å². The first-order valence-corrected chi connectivity index (χ1v) is 6.72. The summed E-state index contributed by atoms with van der Waals surface area (Å²) in [5, 5.41) is 0. The minimum absolute atomic E-state index is 0.0674. The summed E-state index contributed by atoms with van der Waals surface area (Å²) in [6, 6.07) is 0. The van der Waals surface area contributed by atoms with E-state index in [0.29, 0.717) is 6.61 Å². The molecule has 2 aliphatic heterocycles. The maximum Gasteiger partial charge on any atom is 0.310 e. The first-order chi connectivity index (χ1) is 8.61. The molecule has 2 rings (SSSR count). The number of hydrogen-bond donors (Lipinski definition) is 0. The number of nitrogens with zero attached hydrogens (tertiary/aromatic N) is 1. The van der Waals surface area contributed by atoms with Gasteiger partial charge in [-0.2, -0.15) is 0 Å². The lowest BCUT2D eigenvalue weighted by molar-refractivity contribution is -0.179. The SMILES string of the molecule is COC(=O)C[C@@]1(C)OC[C@@H](CN2CCCCC2)O1. The number of methoxy groups -OCH3 is 1. The van der Waals surface area contributed by atoms with Crippen LogP contribution in [0.1, 0.15) is 32.6 Å². The van der Waals surface area contributed by atoms with Crippen molar-refractivity contribution in [2.75, 3.05) is 33.4 Å². The minimum atomic E-state index is -0.812. The lowest BCUT2D eigenvalue weighted by Crippen LogP contribution is -2.38. The van der Waals surface area contributed by atoms with Crippen LogP contribution < -0.4 is 0 Å². The largest absolute Gasteiger partial charge is 0.469 e. The number of ether oxygens (including phenoxy) is 3. The zero-order valence-electron chi connectivity index (χ0n) is 11.3. The molecule has 2 fully saturated rings. The van der Waals surface area contributed by atoms with Crippen LogP contribution in [0.15, 0.2) is 0 Å². The maximum absolute atomic E-state index is 11.3. The molecule has 0 unspecified atom stereocenters. The molecule has 104 valence electrons. The van der Waals surface area contributed by atoms with Gasteiger partial charge in [0.1, 0.15) is 0 Å². The average Bonchev–Trinajstić information content (AvgIpc) is 2.71. The van der Waals surface area contributed by atoms with Crippen LogP contribution >= 0.6 is 0 Å². The molecule has 0 aromatic carbocycles. The average molecular weight is 257 g/mol. The van der Waals surface area contributed by atoms with Gasteiger partial charge in [-0.1, -0.05) is 6.42 Å². The Morgan fingerprint density at radius 1 is 1.39 bits per heavy atom. The number of rotatable bonds is 4. The molecule has 0 radical (unpaired) electrons. The Kier molecular flexibility index (Phi) is 4.59. The fourth-order valence-electron chi connectivity index (χ4n) is 2.64. The molecule has 0 aromatic heterocycles. The van der Waals surface area contributed by atoms with Crippen molar-refractivity contribution < 1.29 is 19.0 Å². The van der Waals surface area contributed by atoms with E-state index in [0.717, 1.165) is 19.6 Å². The molecule has 0 aliphatic carbocycles. The van der Waals surface area contributed by atoms with Gasteiger partial charge in [-0.3, -0.25) is 4.79 Å². The summed E-state index contributed by atoms with van der Waals surface area (Å²) in [7, 11) is 1.38. The number of carbonyl (C=O) groups is 1. The van der Waals surface area contributed by atoms with Crippen LogP contribution in [0.25, 0.3) is 0 Å².